The lowest BCUT2D eigenvalue weighted by Crippen LogP contribution is -2.23. The van der Waals surface area contributed by atoms with E-state index in [9.17, 15) is 26.3 Å². The number of allylic oxidation sites excluding steroid dienone is 2. The molecule has 0 heterocycles. The van der Waals surface area contributed by atoms with Crippen LogP contribution in [0.2, 0.25) is 0 Å². The second-order valence-electron chi connectivity index (χ2n) is 6.61. The Bertz CT molecular complexity index is 912. The van der Waals surface area contributed by atoms with Crippen molar-refractivity contribution >= 4 is 17.1 Å². The smallest absolute Gasteiger partial charge is 0.433 e. The number of alkyl halides is 6. The number of nitrogens with zero attached hydrogens (tertiary/aromatic N) is 2. The van der Waals surface area contributed by atoms with E-state index in [4.69, 9.17) is 0 Å². The van der Waals surface area contributed by atoms with E-state index in [0.29, 0.717) is 22.3 Å². The highest BCUT2D eigenvalue weighted by molar-refractivity contribution is 6.02. The third kappa shape index (κ3) is 5.62. The zero-order valence-electron chi connectivity index (χ0n) is 16.2. The van der Waals surface area contributed by atoms with Crippen LogP contribution in [0.5, 0.6) is 0 Å². The van der Waals surface area contributed by atoms with E-state index in [-0.39, 0.29) is 17.5 Å². The van der Waals surface area contributed by atoms with Crippen LogP contribution >= 0.6 is 0 Å². The molecule has 29 heavy (non-hydrogen) atoms. The van der Waals surface area contributed by atoms with Crippen LogP contribution in [0.15, 0.2) is 53.2 Å². The topological polar surface area (TPSA) is 26.5 Å². The quantitative estimate of drug-likeness (QED) is 0.363. The van der Waals surface area contributed by atoms with Gasteiger partial charge in [0.1, 0.15) is 5.71 Å². The van der Waals surface area contributed by atoms with Crippen LogP contribution in [0.4, 0.5) is 37.7 Å². The van der Waals surface area contributed by atoms with Gasteiger partial charge in [0.05, 0.1) is 5.69 Å². The molecule has 0 N–H and O–H groups in total. The van der Waals surface area contributed by atoms with Gasteiger partial charge in [0, 0.05) is 0 Å². The minimum Gasteiger partial charge on any atom is -0.654 e. The van der Waals surface area contributed by atoms with Crippen LogP contribution in [-0.2, 0) is 0 Å². The molecular weight excluding hydrogens is 394 g/mol. The van der Waals surface area contributed by atoms with Gasteiger partial charge in [0.25, 0.3) is 0 Å². The van der Waals surface area contributed by atoms with Gasteiger partial charge in [-0.1, -0.05) is 53.2 Å². The van der Waals surface area contributed by atoms with Crippen LogP contribution in [0.3, 0.4) is 0 Å². The zero-order chi connectivity index (χ0) is 22.0. The van der Waals surface area contributed by atoms with Crippen molar-refractivity contribution in [3.8, 4) is 0 Å². The molecule has 2 rings (SSSR count). The maximum Gasteiger partial charge on any atom is 0.433 e. The van der Waals surface area contributed by atoms with Gasteiger partial charge in [0.2, 0.25) is 0 Å². The number of benzene rings is 2. The van der Waals surface area contributed by atoms with Crippen molar-refractivity contribution in [3.05, 3.63) is 75.7 Å². The number of hydrogen-bond acceptors (Lipinski definition) is 1. The molecule has 0 bridgehead atoms. The molecule has 0 aliphatic rings. The van der Waals surface area contributed by atoms with Crippen molar-refractivity contribution in [2.24, 2.45) is 4.99 Å². The van der Waals surface area contributed by atoms with E-state index < -0.39 is 23.8 Å². The average Bonchev–Trinajstić information content (AvgIpc) is 2.56. The fourth-order valence-corrected chi connectivity index (χ4v) is 2.69. The SMILES string of the molecule is Cc1cccc(C)c1N=C(/C=C(\[N-]c1c(C)cccc1C)C(F)(F)F)C(F)(F)F. The largest absolute Gasteiger partial charge is 0.654 e. The molecule has 2 aromatic carbocycles. The minimum absolute atomic E-state index is 0.0235. The van der Waals surface area contributed by atoms with Gasteiger partial charge < -0.3 is 5.32 Å². The van der Waals surface area contributed by atoms with E-state index in [2.05, 4.69) is 10.3 Å². The Hall–Kier alpha value is -2.77. The van der Waals surface area contributed by atoms with Gasteiger partial charge in [-0.15, -0.1) is 5.69 Å². The molecule has 0 radical (unpaired) electrons. The molecule has 0 aromatic heterocycles. The second kappa shape index (κ2) is 8.31. The molecule has 0 aliphatic heterocycles. The number of hydrogen-bond donors (Lipinski definition) is 0. The first-order valence-corrected chi connectivity index (χ1v) is 8.59. The lowest BCUT2D eigenvalue weighted by atomic mass is 10.1. The molecule has 8 heteroatoms. The molecule has 0 aliphatic carbocycles. The minimum atomic E-state index is -5.10. The maximum atomic E-state index is 13.5. The predicted octanol–water partition coefficient (Wildman–Crippen LogP) is 7.71. The Balaban J connectivity index is 2.65. The van der Waals surface area contributed by atoms with E-state index in [1.54, 1.807) is 12.1 Å². The molecule has 0 saturated heterocycles. The van der Waals surface area contributed by atoms with Crippen LogP contribution < -0.4 is 0 Å². The van der Waals surface area contributed by atoms with Crippen LogP contribution in [0, 0.1) is 27.7 Å². The van der Waals surface area contributed by atoms with Gasteiger partial charge in [-0.3, -0.25) is 0 Å². The summed E-state index contributed by atoms with van der Waals surface area (Å²) in [6.45, 7) is 6.15. The first kappa shape index (κ1) is 22.5. The Morgan fingerprint density at radius 3 is 1.62 bits per heavy atom. The Morgan fingerprint density at radius 1 is 0.759 bits per heavy atom. The summed E-state index contributed by atoms with van der Waals surface area (Å²) in [5.41, 5.74) is -1.72. The van der Waals surface area contributed by atoms with Crippen LogP contribution in [-0.4, -0.2) is 18.1 Å². The highest BCUT2D eigenvalue weighted by Crippen LogP contribution is 2.40. The lowest BCUT2D eigenvalue weighted by molar-refractivity contribution is -0.0892. The summed E-state index contributed by atoms with van der Waals surface area (Å²) in [6.07, 6.45) is -10.2. The molecule has 156 valence electrons. The average molecular weight is 413 g/mol. The highest BCUT2D eigenvalue weighted by atomic mass is 19.4. The van der Waals surface area contributed by atoms with Crippen molar-refractivity contribution < 1.29 is 26.3 Å². The van der Waals surface area contributed by atoms with Gasteiger partial charge >= 0.3 is 12.4 Å². The Morgan fingerprint density at radius 2 is 1.21 bits per heavy atom. The Kier molecular flexibility index (Phi) is 6.45. The number of para-hydroxylation sites is 2. The molecule has 2 aromatic rings. The summed E-state index contributed by atoms with van der Waals surface area (Å²) in [6, 6.07) is 9.41. The molecule has 0 atom stereocenters. The molecule has 0 spiro atoms. The molecule has 0 saturated carbocycles. The highest BCUT2D eigenvalue weighted by Gasteiger charge is 2.37. The Labute approximate surface area is 165 Å². The number of aryl methyl sites for hydroxylation is 4. The summed E-state index contributed by atoms with van der Waals surface area (Å²) in [5.74, 6) is 0. The van der Waals surface area contributed by atoms with E-state index in [0.717, 1.165) is 0 Å². The fourth-order valence-electron chi connectivity index (χ4n) is 2.69. The van der Waals surface area contributed by atoms with Crippen molar-refractivity contribution in [2.75, 3.05) is 0 Å². The monoisotopic (exact) mass is 413 g/mol. The second-order valence-corrected chi connectivity index (χ2v) is 6.61. The molecular formula is C21H19F6N2-. The zero-order valence-corrected chi connectivity index (χ0v) is 16.2. The third-order valence-electron chi connectivity index (χ3n) is 4.20. The van der Waals surface area contributed by atoms with Crippen molar-refractivity contribution in [1.82, 2.24) is 0 Å². The number of aliphatic imine (C=N–C) groups is 1. The van der Waals surface area contributed by atoms with Gasteiger partial charge in [0.15, 0.2) is 0 Å². The molecule has 0 fully saturated rings. The maximum absolute atomic E-state index is 13.5. The van der Waals surface area contributed by atoms with Gasteiger partial charge in [-0.25, -0.2) is 4.99 Å². The molecule has 0 amide bonds. The van der Waals surface area contributed by atoms with Crippen molar-refractivity contribution in [3.63, 3.8) is 0 Å². The summed E-state index contributed by atoms with van der Waals surface area (Å²) < 4.78 is 81.2. The summed E-state index contributed by atoms with van der Waals surface area (Å²) >= 11 is 0. The summed E-state index contributed by atoms with van der Waals surface area (Å²) in [4.78, 5) is 3.52. The summed E-state index contributed by atoms with van der Waals surface area (Å²) in [5, 5.41) is 3.52. The van der Waals surface area contributed by atoms with Crippen molar-refractivity contribution in [1.29, 1.82) is 0 Å². The predicted molar refractivity (Wildman–Crippen MR) is 102 cm³/mol. The van der Waals surface area contributed by atoms with E-state index >= 15 is 0 Å². The van der Waals surface area contributed by atoms with E-state index in [1.807, 2.05) is 0 Å². The summed E-state index contributed by atoms with van der Waals surface area (Å²) in [7, 11) is 0. The fraction of sp³-hybridized carbons (Fsp3) is 0.286. The number of rotatable bonds is 4. The van der Waals surface area contributed by atoms with Gasteiger partial charge in [-0.2, -0.15) is 26.3 Å². The van der Waals surface area contributed by atoms with E-state index in [1.165, 1.54) is 52.0 Å². The molecule has 0 unspecified atom stereocenters. The third-order valence-corrected chi connectivity index (χ3v) is 4.20. The first-order chi connectivity index (χ1) is 13.3. The first-order valence-electron chi connectivity index (χ1n) is 8.59. The number of halogens is 6. The normalized spacial score (nSPS) is 13.6. The lowest BCUT2D eigenvalue weighted by Gasteiger charge is -2.31. The van der Waals surface area contributed by atoms with Crippen LogP contribution in [0.25, 0.3) is 5.32 Å². The van der Waals surface area contributed by atoms with Crippen LogP contribution in [0.1, 0.15) is 22.3 Å². The van der Waals surface area contributed by atoms with Crippen molar-refractivity contribution in [2.45, 2.75) is 40.0 Å². The van der Waals surface area contributed by atoms with Gasteiger partial charge in [-0.05, 0) is 44.9 Å². The standard InChI is InChI=1S/C21H19F6N2/c1-12-7-5-8-13(2)18(12)28-16(20(22,23)24)11-17(21(25,26)27)29-19-14(3)9-6-10-15(19)4/h5-11H,1-4H3/q-1/b16-11-,29-17?. The molecule has 2 nitrogen and oxygen atoms in total.